The normalized spacial score (nSPS) is 15.3. The summed E-state index contributed by atoms with van der Waals surface area (Å²) in [5.74, 6) is -0.534. The lowest BCUT2D eigenvalue weighted by Crippen LogP contribution is -2.40. The fourth-order valence-electron chi connectivity index (χ4n) is 2.50. The molecule has 1 aliphatic heterocycles. The van der Waals surface area contributed by atoms with Gasteiger partial charge in [0.1, 0.15) is 5.75 Å². The second-order valence-corrected chi connectivity index (χ2v) is 7.62. The summed E-state index contributed by atoms with van der Waals surface area (Å²) in [6.45, 7) is 1.28. The third-order valence-corrected chi connectivity index (χ3v) is 5.87. The van der Waals surface area contributed by atoms with Crippen molar-refractivity contribution in [2.24, 2.45) is 0 Å². The van der Waals surface area contributed by atoms with Gasteiger partial charge in [-0.2, -0.15) is 4.31 Å². The van der Waals surface area contributed by atoms with E-state index in [9.17, 15) is 23.3 Å². The van der Waals surface area contributed by atoms with Gasteiger partial charge in [-0.15, -0.1) is 0 Å². The van der Waals surface area contributed by atoms with E-state index in [4.69, 9.17) is 9.47 Å². The predicted molar refractivity (Wildman–Crippen MR) is 94.1 cm³/mol. The molecule has 0 aromatic heterocycles. The zero-order chi connectivity index (χ0) is 19.4. The third kappa shape index (κ3) is 4.30. The van der Waals surface area contributed by atoms with Crippen LogP contribution in [0.1, 0.15) is 10.4 Å². The van der Waals surface area contributed by atoms with Crippen LogP contribution in [0.15, 0.2) is 53.4 Å². The molecule has 0 spiro atoms. The number of carbonyl (C=O) groups excluding carboxylic acids is 1. The molecule has 1 saturated heterocycles. The minimum absolute atomic E-state index is 0.0968. The second-order valence-electron chi connectivity index (χ2n) is 5.68. The van der Waals surface area contributed by atoms with Crippen molar-refractivity contribution < 1.29 is 27.6 Å². The van der Waals surface area contributed by atoms with E-state index in [0.717, 1.165) is 0 Å². The predicted octanol–water partition coefficient (Wildman–Crippen LogP) is 1.83. The number of hydrogen-bond acceptors (Lipinski definition) is 7. The number of benzene rings is 2. The molecule has 1 heterocycles. The first kappa shape index (κ1) is 19.0. The van der Waals surface area contributed by atoms with Crippen molar-refractivity contribution >= 4 is 21.7 Å². The van der Waals surface area contributed by atoms with Crippen molar-refractivity contribution in [3.63, 3.8) is 0 Å². The maximum Gasteiger partial charge on any atom is 0.343 e. The highest BCUT2D eigenvalue weighted by Crippen LogP contribution is 2.21. The molecule has 3 rings (SSSR count). The Balaban J connectivity index is 1.70. The summed E-state index contributed by atoms with van der Waals surface area (Å²) >= 11 is 0. The van der Waals surface area contributed by atoms with Crippen molar-refractivity contribution in [3.8, 4) is 5.75 Å². The SMILES string of the molecule is O=C(Oc1ccc(S(=O)(=O)N2CCOCC2)cc1)c1ccc([N+](=O)[O-])cc1. The van der Waals surface area contributed by atoms with Crippen molar-refractivity contribution in [2.75, 3.05) is 26.3 Å². The van der Waals surface area contributed by atoms with Gasteiger partial charge in [0, 0.05) is 25.2 Å². The summed E-state index contributed by atoms with van der Waals surface area (Å²) in [6.07, 6.45) is 0. The Morgan fingerprint density at radius 2 is 1.63 bits per heavy atom. The molecule has 0 radical (unpaired) electrons. The molecule has 1 fully saturated rings. The number of nitro groups is 1. The molecule has 142 valence electrons. The molecule has 0 saturated carbocycles. The first-order chi connectivity index (χ1) is 12.9. The Bertz CT molecular complexity index is 934. The first-order valence-electron chi connectivity index (χ1n) is 8.02. The summed E-state index contributed by atoms with van der Waals surface area (Å²) in [5, 5.41) is 10.6. The Kier molecular flexibility index (Phi) is 5.49. The first-order valence-corrected chi connectivity index (χ1v) is 9.46. The average Bonchev–Trinajstić information content (AvgIpc) is 2.69. The monoisotopic (exact) mass is 392 g/mol. The zero-order valence-electron chi connectivity index (χ0n) is 14.1. The largest absolute Gasteiger partial charge is 0.423 e. The van der Waals surface area contributed by atoms with Gasteiger partial charge in [0.15, 0.2) is 0 Å². The number of hydrogen-bond donors (Lipinski definition) is 0. The van der Waals surface area contributed by atoms with Crippen molar-refractivity contribution in [3.05, 3.63) is 64.2 Å². The third-order valence-electron chi connectivity index (χ3n) is 3.96. The van der Waals surface area contributed by atoms with E-state index in [2.05, 4.69) is 0 Å². The van der Waals surface area contributed by atoms with E-state index < -0.39 is 20.9 Å². The van der Waals surface area contributed by atoms with E-state index in [-0.39, 0.29) is 21.9 Å². The molecule has 0 unspecified atom stereocenters. The molecular weight excluding hydrogens is 376 g/mol. The Morgan fingerprint density at radius 1 is 1.04 bits per heavy atom. The van der Waals surface area contributed by atoms with Gasteiger partial charge in [-0.05, 0) is 36.4 Å². The number of non-ortho nitro benzene ring substituents is 1. The number of carbonyl (C=O) groups is 1. The minimum Gasteiger partial charge on any atom is -0.423 e. The summed E-state index contributed by atoms with van der Waals surface area (Å²) in [7, 11) is -3.62. The van der Waals surface area contributed by atoms with Crippen molar-refractivity contribution in [2.45, 2.75) is 4.90 Å². The van der Waals surface area contributed by atoms with Gasteiger partial charge < -0.3 is 9.47 Å². The maximum absolute atomic E-state index is 12.5. The topological polar surface area (TPSA) is 116 Å². The molecule has 0 atom stereocenters. The number of rotatable bonds is 5. The Hall–Kier alpha value is -2.82. The molecule has 0 amide bonds. The van der Waals surface area contributed by atoms with E-state index >= 15 is 0 Å². The fraction of sp³-hybridized carbons (Fsp3) is 0.235. The van der Waals surface area contributed by atoms with Crippen LogP contribution in [0.25, 0.3) is 0 Å². The lowest BCUT2D eigenvalue weighted by atomic mass is 10.2. The van der Waals surface area contributed by atoms with Crippen LogP contribution in [0, 0.1) is 10.1 Å². The highest BCUT2D eigenvalue weighted by molar-refractivity contribution is 7.89. The van der Waals surface area contributed by atoms with Gasteiger partial charge in [0.25, 0.3) is 5.69 Å². The highest BCUT2D eigenvalue weighted by Gasteiger charge is 2.26. The summed E-state index contributed by atoms with van der Waals surface area (Å²) in [5.41, 5.74) is 0.00911. The van der Waals surface area contributed by atoms with Gasteiger partial charge in [-0.3, -0.25) is 10.1 Å². The van der Waals surface area contributed by atoms with Crippen molar-refractivity contribution in [1.82, 2.24) is 4.31 Å². The lowest BCUT2D eigenvalue weighted by molar-refractivity contribution is -0.384. The van der Waals surface area contributed by atoms with Gasteiger partial charge in [0.2, 0.25) is 10.0 Å². The van der Waals surface area contributed by atoms with Crippen LogP contribution in [-0.4, -0.2) is 49.9 Å². The summed E-state index contributed by atoms with van der Waals surface area (Å²) in [4.78, 5) is 22.3. The van der Waals surface area contributed by atoms with Gasteiger partial charge in [-0.1, -0.05) is 0 Å². The minimum atomic E-state index is -3.62. The molecule has 1 aliphatic rings. The van der Waals surface area contributed by atoms with E-state index in [0.29, 0.717) is 26.3 Å². The Labute approximate surface area is 155 Å². The zero-order valence-corrected chi connectivity index (χ0v) is 14.9. The number of esters is 1. The standard InChI is InChI=1S/C17H16N2O7S/c20-17(13-1-3-14(4-2-13)19(21)22)26-15-5-7-16(8-6-15)27(23,24)18-9-11-25-12-10-18/h1-8H,9-12H2. The lowest BCUT2D eigenvalue weighted by Gasteiger charge is -2.26. The molecule has 2 aromatic rings. The van der Waals surface area contributed by atoms with E-state index in [1.165, 1.54) is 52.8 Å². The molecule has 27 heavy (non-hydrogen) atoms. The summed E-state index contributed by atoms with van der Waals surface area (Å²) < 4.78 is 36.7. The number of ether oxygens (including phenoxy) is 2. The number of morpholine rings is 1. The molecule has 0 bridgehead atoms. The van der Waals surface area contributed by atoms with E-state index in [1.807, 2.05) is 0 Å². The maximum atomic E-state index is 12.5. The van der Waals surface area contributed by atoms with Crippen LogP contribution < -0.4 is 4.74 Å². The molecule has 0 N–H and O–H groups in total. The van der Waals surface area contributed by atoms with Crippen LogP contribution >= 0.6 is 0 Å². The van der Waals surface area contributed by atoms with Gasteiger partial charge >= 0.3 is 5.97 Å². The van der Waals surface area contributed by atoms with Gasteiger partial charge in [0.05, 0.1) is 28.6 Å². The van der Waals surface area contributed by atoms with Crippen LogP contribution in [0.2, 0.25) is 0 Å². The quantitative estimate of drug-likeness (QED) is 0.330. The van der Waals surface area contributed by atoms with Gasteiger partial charge in [-0.25, -0.2) is 13.2 Å². The van der Waals surface area contributed by atoms with Crippen molar-refractivity contribution in [1.29, 1.82) is 0 Å². The van der Waals surface area contributed by atoms with E-state index in [1.54, 1.807) is 0 Å². The Morgan fingerprint density at radius 3 is 2.19 bits per heavy atom. The van der Waals surface area contributed by atoms with Crippen LogP contribution in [0.3, 0.4) is 0 Å². The molecule has 10 heteroatoms. The fourth-order valence-corrected chi connectivity index (χ4v) is 3.91. The van der Waals surface area contributed by atoms with Crippen LogP contribution in [0.5, 0.6) is 5.75 Å². The smallest absolute Gasteiger partial charge is 0.343 e. The molecular formula is C17H16N2O7S. The average molecular weight is 392 g/mol. The highest BCUT2D eigenvalue weighted by atomic mass is 32.2. The number of nitrogens with zero attached hydrogens (tertiary/aromatic N) is 2. The molecule has 0 aliphatic carbocycles. The molecule has 2 aromatic carbocycles. The summed E-state index contributed by atoms with van der Waals surface area (Å²) in [6, 6.07) is 10.5. The number of sulfonamides is 1. The number of nitro benzene ring substituents is 1. The van der Waals surface area contributed by atoms with Crippen LogP contribution in [0.4, 0.5) is 5.69 Å². The van der Waals surface area contributed by atoms with Crippen LogP contribution in [-0.2, 0) is 14.8 Å². The molecule has 9 nitrogen and oxygen atoms in total. The second kappa shape index (κ2) is 7.82.